The maximum absolute atomic E-state index is 11.3. The number of sulfonamides is 1. The standard InChI is InChI=1S/C14H24N2O3S/c1-14(2,16-20(4,17)18)11-15-9-12-7-5-6-8-13(12)10-19-3/h5-8,15-16H,9-11H2,1-4H3. The molecule has 0 radical (unpaired) electrons. The second-order valence-electron chi connectivity index (χ2n) is 5.56. The third-order valence-corrected chi connectivity index (χ3v) is 3.69. The molecule has 0 unspecified atom stereocenters. The lowest BCUT2D eigenvalue weighted by molar-refractivity contribution is 0.184. The highest BCUT2D eigenvalue weighted by Gasteiger charge is 2.21. The molecule has 0 atom stereocenters. The predicted molar refractivity (Wildman–Crippen MR) is 80.9 cm³/mol. The third kappa shape index (κ3) is 6.47. The van der Waals surface area contributed by atoms with Crippen molar-refractivity contribution >= 4 is 10.0 Å². The highest BCUT2D eigenvalue weighted by Crippen LogP contribution is 2.10. The lowest BCUT2D eigenvalue weighted by Crippen LogP contribution is -2.49. The van der Waals surface area contributed by atoms with Gasteiger partial charge in [-0.25, -0.2) is 13.1 Å². The van der Waals surface area contributed by atoms with Gasteiger partial charge in [-0.05, 0) is 25.0 Å². The average Bonchev–Trinajstić information content (AvgIpc) is 2.28. The van der Waals surface area contributed by atoms with Crippen LogP contribution in [-0.2, 0) is 27.9 Å². The van der Waals surface area contributed by atoms with E-state index in [9.17, 15) is 8.42 Å². The fourth-order valence-electron chi connectivity index (χ4n) is 2.07. The van der Waals surface area contributed by atoms with E-state index in [2.05, 4.69) is 10.0 Å². The van der Waals surface area contributed by atoms with Crippen molar-refractivity contribution in [3.63, 3.8) is 0 Å². The van der Waals surface area contributed by atoms with Crippen molar-refractivity contribution in [2.24, 2.45) is 0 Å². The molecule has 1 aromatic carbocycles. The van der Waals surface area contributed by atoms with Gasteiger partial charge in [-0.1, -0.05) is 24.3 Å². The smallest absolute Gasteiger partial charge is 0.209 e. The lowest BCUT2D eigenvalue weighted by Gasteiger charge is -2.25. The quantitative estimate of drug-likeness (QED) is 0.758. The molecule has 2 N–H and O–H groups in total. The Kier molecular flexibility index (Phi) is 6.13. The van der Waals surface area contributed by atoms with E-state index < -0.39 is 15.6 Å². The summed E-state index contributed by atoms with van der Waals surface area (Å²) in [6.45, 7) is 5.49. The summed E-state index contributed by atoms with van der Waals surface area (Å²) in [5.41, 5.74) is 1.77. The Morgan fingerprint density at radius 3 is 2.35 bits per heavy atom. The number of hydrogen-bond donors (Lipinski definition) is 2. The zero-order valence-electron chi connectivity index (χ0n) is 12.6. The van der Waals surface area contributed by atoms with Crippen molar-refractivity contribution in [3.8, 4) is 0 Å². The second-order valence-corrected chi connectivity index (χ2v) is 7.31. The summed E-state index contributed by atoms with van der Waals surface area (Å²) < 4.78 is 30.3. The van der Waals surface area contributed by atoms with Crippen LogP contribution in [0, 0.1) is 0 Å². The van der Waals surface area contributed by atoms with Crippen LogP contribution in [0.3, 0.4) is 0 Å². The van der Waals surface area contributed by atoms with E-state index in [1.165, 1.54) is 6.26 Å². The minimum Gasteiger partial charge on any atom is -0.380 e. The van der Waals surface area contributed by atoms with Gasteiger partial charge in [0, 0.05) is 25.7 Å². The Balaban J connectivity index is 2.56. The molecule has 0 aliphatic heterocycles. The molecule has 0 aromatic heterocycles. The maximum atomic E-state index is 11.3. The summed E-state index contributed by atoms with van der Waals surface area (Å²) >= 11 is 0. The molecule has 0 saturated carbocycles. The monoisotopic (exact) mass is 300 g/mol. The molecule has 0 amide bonds. The Hall–Kier alpha value is -0.950. The van der Waals surface area contributed by atoms with Crippen LogP contribution in [0.25, 0.3) is 0 Å². The van der Waals surface area contributed by atoms with Crippen molar-refractivity contribution in [1.82, 2.24) is 10.0 Å². The van der Waals surface area contributed by atoms with Crippen molar-refractivity contribution < 1.29 is 13.2 Å². The number of methoxy groups -OCH3 is 1. The van der Waals surface area contributed by atoms with Gasteiger partial charge >= 0.3 is 0 Å². The summed E-state index contributed by atoms with van der Waals surface area (Å²) in [6.07, 6.45) is 1.17. The van der Waals surface area contributed by atoms with Crippen LogP contribution < -0.4 is 10.0 Å². The van der Waals surface area contributed by atoms with Gasteiger partial charge in [0.15, 0.2) is 0 Å². The molecule has 0 spiro atoms. The molecule has 1 rings (SSSR count). The van der Waals surface area contributed by atoms with E-state index in [1.807, 2.05) is 38.1 Å². The zero-order valence-corrected chi connectivity index (χ0v) is 13.4. The number of benzene rings is 1. The van der Waals surface area contributed by atoms with Gasteiger partial charge in [-0.15, -0.1) is 0 Å². The van der Waals surface area contributed by atoms with E-state index in [0.717, 1.165) is 11.1 Å². The van der Waals surface area contributed by atoms with Gasteiger partial charge in [-0.2, -0.15) is 0 Å². The average molecular weight is 300 g/mol. The first kappa shape index (κ1) is 17.1. The molecule has 6 heteroatoms. The molecule has 0 aliphatic rings. The number of nitrogens with one attached hydrogen (secondary N) is 2. The molecule has 0 bridgehead atoms. The third-order valence-electron chi connectivity index (χ3n) is 2.76. The van der Waals surface area contributed by atoms with Crippen molar-refractivity contribution in [1.29, 1.82) is 0 Å². The largest absolute Gasteiger partial charge is 0.380 e. The highest BCUT2D eigenvalue weighted by atomic mass is 32.2. The molecule has 0 aliphatic carbocycles. The summed E-state index contributed by atoms with van der Waals surface area (Å²) in [7, 11) is -1.53. The van der Waals surface area contributed by atoms with E-state index in [-0.39, 0.29) is 0 Å². The van der Waals surface area contributed by atoms with E-state index in [1.54, 1.807) is 7.11 Å². The predicted octanol–water partition coefficient (Wildman–Crippen LogP) is 1.25. The van der Waals surface area contributed by atoms with Gasteiger partial charge in [0.25, 0.3) is 0 Å². The first-order chi connectivity index (χ1) is 9.23. The molecule has 114 valence electrons. The van der Waals surface area contributed by atoms with Crippen LogP contribution in [0.4, 0.5) is 0 Å². The Bertz CT molecular complexity index is 527. The highest BCUT2D eigenvalue weighted by molar-refractivity contribution is 7.88. The number of hydrogen-bond acceptors (Lipinski definition) is 4. The van der Waals surface area contributed by atoms with Crippen molar-refractivity contribution in [2.45, 2.75) is 32.5 Å². The van der Waals surface area contributed by atoms with Crippen LogP contribution >= 0.6 is 0 Å². The summed E-state index contributed by atoms with van der Waals surface area (Å²) in [4.78, 5) is 0. The van der Waals surface area contributed by atoms with Crippen LogP contribution in [0.5, 0.6) is 0 Å². The fourth-order valence-corrected chi connectivity index (χ4v) is 3.15. The van der Waals surface area contributed by atoms with Crippen LogP contribution in [-0.4, -0.2) is 33.9 Å². The first-order valence-electron chi connectivity index (χ1n) is 6.49. The Morgan fingerprint density at radius 2 is 1.80 bits per heavy atom. The second kappa shape index (κ2) is 7.17. The van der Waals surface area contributed by atoms with Crippen molar-refractivity contribution in [3.05, 3.63) is 35.4 Å². The van der Waals surface area contributed by atoms with Crippen LogP contribution in [0.2, 0.25) is 0 Å². The topological polar surface area (TPSA) is 67.4 Å². The molecule has 0 saturated heterocycles. The Labute approximate surface area is 121 Å². The molecular formula is C14H24N2O3S. The fraction of sp³-hybridized carbons (Fsp3) is 0.571. The lowest BCUT2D eigenvalue weighted by atomic mass is 10.1. The summed E-state index contributed by atoms with van der Waals surface area (Å²) in [5.74, 6) is 0. The molecule has 5 nitrogen and oxygen atoms in total. The van der Waals surface area contributed by atoms with Gasteiger partial charge < -0.3 is 10.1 Å². The normalized spacial score (nSPS) is 12.6. The Morgan fingerprint density at radius 1 is 1.20 bits per heavy atom. The first-order valence-corrected chi connectivity index (χ1v) is 8.38. The van der Waals surface area contributed by atoms with Gasteiger partial charge in [0.05, 0.1) is 12.9 Å². The van der Waals surface area contributed by atoms with Crippen LogP contribution in [0.15, 0.2) is 24.3 Å². The van der Waals surface area contributed by atoms with Crippen molar-refractivity contribution in [2.75, 3.05) is 19.9 Å². The number of rotatable bonds is 8. The number of ether oxygens (including phenoxy) is 1. The van der Waals surface area contributed by atoms with Crippen LogP contribution in [0.1, 0.15) is 25.0 Å². The minimum absolute atomic E-state index is 0.524. The van der Waals surface area contributed by atoms with E-state index >= 15 is 0 Å². The molecule has 1 aromatic rings. The van der Waals surface area contributed by atoms with E-state index in [4.69, 9.17) is 4.74 Å². The van der Waals surface area contributed by atoms with Gasteiger partial charge in [0.1, 0.15) is 0 Å². The minimum atomic E-state index is -3.20. The van der Waals surface area contributed by atoms with Gasteiger partial charge in [-0.3, -0.25) is 0 Å². The SMILES string of the molecule is COCc1ccccc1CNCC(C)(C)NS(C)(=O)=O. The zero-order chi connectivity index (χ0) is 15.2. The molecule has 0 fully saturated rings. The summed E-state index contributed by atoms with van der Waals surface area (Å²) in [6, 6.07) is 8.03. The molecule has 0 heterocycles. The van der Waals surface area contributed by atoms with Gasteiger partial charge in [0.2, 0.25) is 10.0 Å². The summed E-state index contributed by atoms with van der Waals surface area (Å²) in [5, 5.41) is 3.28. The maximum Gasteiger partial charge on any atom is 0.209 e. The molecular weight excluding hydrogens is 276 g/mol. The molecule has 20 heavy (non-hydrogen) atoms. The van der Waals surface area contributed by atoms with E-state index in [0.29, 0.717) is 19.7 Å².